The number of carbonyl (C=O) groups is 1. The molecule has 152 valence electrons. The fraction of sp³-hybridized carbons (Fsp3) is 0.364. The number of aryl methyl sites for hydroxylation is 1. The van der Waals surface area contributed by atoms with Crippen LogP contribution in [-0.4, -0.2) is 28.9 Å². The van der Waals surface area contributed by atoms with E-state index in [-0.39, 0.29) is 11.6 Å². The zero-order valence-corrected chi connectivity index (χ0v) is 16.7. The Hall–Kier alpha value is -3.22. The van der Waals surface area contributed by atoms with Gasteiger partial charge in [-0.05, 0) is 56.0 Å². The third-order valence-corrected chi connectivity index (χ3v) is 5.32. The van der Waals surface area contributed by atoms with E-state index in [2.05, 4.69) is 27.6 Å². The SMILES string of the molecule is CCCn1[nH]c(=O)c2cc(NC(=O)Nc3ccccc3N3CCCCC3)ccc21. The van der Waals surface area contributed by atoms with Gasteiger partial charge in [0.25, 0.3) is 5.56 Å². The molecule has 7 nitrogen and oxygen atoms in total. The van der Waals surface area contributed by atoms with E-state index in [1.54, 1.807) is 6.07 Å². The van der Waals surface area contributed by atoms with Crippen LogP contribution in [0.5, 0.6) is 0 Å². The summed E-state index contributed by atoms with van der Waals surface area (Å²) in [7, 11) is 0. The zero-order chi connectivity index (χ0) is 20.2. The lowest BCUT2D eigenvalue weighted by Crippen LogP contribution is -2.30. The van der Waals surface area contributed by atoms with Crippen LogP contribution in [-0.2, 0) is 6.54 Å². The average Bonchev–Trinajstić information content (AvgIpc) is 3.04. The molecule has 0 aliphatic carbocycles. The summed E-state index contributed by atoms with van der Waals surface area (Å²) in [5, 5.41) is 9.23. The lowest BCUT2D eigenvalue weighted by atomic mass is 10.1. The van der Waals surface area contributed by atoms with Crippen LogP contribution in [0.4, 0.5) is 21.9 Å². The lowest BCUT2D eigenvalue weighted by Gasteiger charge is -2.30. The molecule has 0 bridgehead atoms. The van der Waals surface area contributed by atoms with E-state index < -0.39 is 0 Å². The summed E-state index contributed by atoms with van der Waals surface area (Å²) in [6, 6.07) is 13.0. The van der Waals surface area contributed by atoms with Crippen molar-refractivity contribution in [1.82, 2.24) is 9.78 Å². The van der Waals surface area contributed by atoms with Gasteiger partial charge in [-0.3, -0.25) is 14.6 Å². The minimum atomic E-state index is -0.321. The third-order valence-electron chi connectivity index (χ3n) is 5.32. The topological polar surface area (TPSA) is 82.2 Å². The summed E-state index contributed by atoms with van der Waals surface area (Å²) in [5.41, 5.74) is 3.13. The molecule has 3 N–H and O–H groups in total. The van der Waals surface area contributed by atoms with Gasteiger partial charge in [-0.15, -0.1) is 0 Å². The molecule has 0 atom stereocenters. The quantitative estimate of drug-likeness (QED) is 0.602. The number of aromatic amines is 1. The first-order valence-electron chi connectivity index (χ1n) is 10.3. The second kappa shape index (κ2) is 8.43. The monoisotopic (exact) mass is 393 g/mol. The van der Waals surface area contributed by atoms with Crippen molar-refractivity contribution in [2.45, 2.75) is 39.2 Å². The van der Waals surface area contributed by atoms with Gasteiger partial charge in [-0.2, -0.15) is 0 Å². The van der Waals surface area contributed by atoms with Crippen LogP contribution in [0.3, 0.4) is 0 Å². The van der Waals surface area contributed by atoms with E-state index >= 15 is 0 Å². The Balaban J connectivity index is 1.50. The molecular weight excluding hydrogens is 366 g/mol. The highest BCUT2D eigenvalue weighted by Crippen LogP contribution is 2.28. The average molecular weight is 393 g/mol. The number of para-hydroxylation sites is 2. The van der Waals surface area contributed by atoms with Crippen LogP contribution in [0.2, 0.25) is 0 Å². The van der Waals surface area contributed by atoms with Gasteiger partial charge >= 0.3 is 6.03 Å². The second-order valence-electron chi connectivity index (χ2n) is 7.47. The van der Waals surface area contributed by atoms with Crippen LogP contribution in [0.15, 0.2) is 47.3 Å². The van der Waals surface area contributed by atoms with E-state index in [0.29, 0.717) is 11.1 Å². The molecule has 1 saturated heterocycles. The Kier molecular flexibility index (Phi) is 5.55. The van der Waals surface area contributed by atoms with Crippen molar-refractivity contribution in [1.29, 1.82) is 0 Å². The van der Waals surface area contributed by atoms with Gasteiger partial charge in [0.15, 0.2) is 0 Å². The second-order valence-corrected chi connectivity index (χ2v) is 7.47. The molecule has 4 rings (SSSR count). The largest absolute Gasteiger partial charge is 0.370 e. The van der Waals surface area contributed by atoms with Crippen molar-refractivity contribution in [3.63, 3.8) is 0 Å². The fourth-order valence-electron chi connectivity index (χ4n) is 3.95. The first kappa shape index (κ1) is 19.1. The number of H-pyrrole nitrogens is 1. The minimum absolute atomic E-state index is 0.145. The summed E-state index contributed by atoms with van der Waals surface area (Å²) in [6.45, 7) is 4.83. The maximum absolute atomic E-state index is 12.6. The normalized spacial score (nSPS) is 14.2. The number of nitrogens with one attached hydrogen (secondary N) is 3. The van der Waals surface area contributed by atoms with Gasteiger partial charge in [0, 0.05) is 25.3 Å². The van der Waals surface area contributed by atoms with E-state index in [0.717, 1.165) is 42.9 Å². The summed E-state index contributed by atoms with van der Waals surface area (Å²) in [6.07, 6.45) is 4.53. The molecule has 0 unspecified atom stereocenters. The van der Waals surface area contributed by atoms with Crippen molar-refractivity contribution in [2.75, 3.05) is 28.6 Å². The van der Waals surface area contributed by atoms with Gasteiger partial charge in [0.2, 0.25) is 0 Å². The highest BCUT2D eigenvalue weighted by molar-refractivity contribution is 6.02. The maximum atomic E-state index is 12.6. The Bertz CT molecular complexity index is 1060. The van der Waals surface area contributed by atoms with E-state index in [1.165, 1.54) is 19.3 Å². The molecular formula is C22H27N5O2. The van der Waals surface area contributed by atoms with E-state index in [4.69, 9.17) is 0 Å². The molecule has 1 aliphatic heterocycles. The molecule has 0 radical (unpaired) electrons. The van der Waals surface area contributed by atoms with E-state index in [1.807, 2.05) is 41.1 Å². The highest BCUT2D eigenvalue weighted by Gasteiger charge is 2.16. The predicted molar refractivity (Wildman–Crippen MR) is 118 cm³/mol. The maximum Gasteiger partial charge on any atom is 0.323 e. The van der Waals surface area contributed by atoms with Gasteiger partial charge in [0.1, 0.15) is 0 Å². The number of amides is 2. The molecule has 0 saturated carbocycles. The highest BCUT2D eigenvalue weighted by atomic mass is 16.2. The molecule has 2 aromatic carbocycles. The standard InChI is InChI=1S/C22H27N5O2/c1-2-12-27-19-11-10-16(15-17(19)21(28)25-27)23-22(29)24-18-8-4-5-9-20(18)26-13-6-3-7-14-26/h4-5,8-11,15H,2-3,6-7,12-14H2,1H3,(H,25,28)(H2,23,24,29). The third kappa shape index (κ3) is 4.13. The number of hydrogen-bond donors (Lipinski definition) is 3. The van der Waals surface area contributed by atoms with Gasteiger partial charge in [-0.25, -0.2) is 4.79 Å². The predicted octanol–water partition coefficient (Wildman–Crippen LogP) is 4.37. The van der Waals surface area contributed by atoms with Crippen molar-refractivity contribution in [3.05, 3.63) is 52.8 Å². The Morgan fingerprint density at radius 1 is 1.07 bits per heavy atom. The van der Waals surface area contributed by atoms with Gasteiger partial charge in [0.05, 0.1) is 22.3 Å². The summed E-state index contributed by atoms with van der Waals surface area (Å²) in [4.78, 5) is 27.1. The number of hydrogen-bond acceptors (Lipinski definition) is 3. The first-order valence-corrected chi connectivity index (χ1v) is 10.3. The number of urea groups is 1. The van der Waals surface area contributed by atoms with Crippen molar-refractivity contribution >= 4 is 34.0 Å². The summed E-state index contributed by atoms with van der Waals surface area (Å²) >= 11 is 0. The Morgan fingerprint density at radius 3 is 2.66 bits per heavy atom. The lowest BCUT2D eigenvalue weighted by molar-refractivity contribution is 0.262. The van der Waals surface area contributed by atoms with Crippen molar-refractivity contribution < 1.29 is 4.79 Å². The molecule has 7 heteroatoms. The van der Waals surface area contributed by atoms with Crippen molar-refractivity contribution in [2.24, 2.45) is 0 Å². The first-order chi connectivity index (χ1) is 14.2. The summed E-state index contributed by atoms with van der Waals surface area (Å²) in [5.74, 6) is 0. The Labute approximate surface area is 169 Å². The van der Waals surface area contributed by atoms with E-state index in [9.17, 15) is 9.59 Å². The zero-order valence-electron chi connectivity index (χ0n) is 16.7. The number of fused-ring (bicyclic) bond motifs is 1. The summed E-state index contributed by atoms with van der Waals surface area (Å²) < 4.78 is 1.84. The van der Waals surface area contributed by atoms with Crippen LogP contribution >= 0.6 is 0 Å². The number of carbonyl (C=O) groups excluding carboxylic acids is 1. The molecule has 1 fully saturated rings. The fourth-order valence-corrected chi connectivity index (χ4v) is 3.95. The molecule has 2 amide bonds. The Morgan fingerprint density at radius 2 is 1.86 bits per heavy atom. The smallest absolute Gasteiger partial charge is 0.323 e. The van der Waals surface area contributed by atoms with Crippen LogP contribution in [0, 0.1) is 0 Å². The molecule has 1 aliphatic rings. The molecule has 2 heterocycles. The van der Waals surface area contributed by atoms with Gasteiger partial charge in [-0.1, -0.05) is 19.1 Å². The van der Waals surface area contributed by atoms with Crippen molar-refractivity contribution in [3.8, 4) is 0 Å². The van der Waals surface area contributed by atoms with Crippen LogP contribution in [0.1, 0.15) is 32.6 Å². The molecule has 3 aromatic rings. The molecule has 1 aromatic heterocycles. The number of rotatable bonds is 5. The molecule has 0 spiro atoms. The van der Waals surface area contributed by atoms with Crippen LogP contribution in [0.25, 0.3) is 10.9 Å². The number of benzene rings is 2. The number of piperidine rings is 1. The number of nitrogens with zero attached hydrogens (tertiary/aromatic N) is 2. The number of aromatic nitrogens is 2. The van der Waals surface area contributed by atoms with Crippen LogP contribution < -0.4 is 21.1 Å². The molecule has 29 heavy (non-hydrogen) atoms. The number of anilines is 3. The van der Waals surface area contributed by atoms with Gasteiger partial charge < -0.3 is 15.5 Å². The minimum Gasteiger partial charge on any atom is -0.370 e.